The van der Waals surface area contributed by atoms with Crippen LogP contribution in [0.5, 0.6) is 11.5 Å². The highest BCUT2D eigenvalue weighted by Crippen LogP contribution is 2.41. The highest BCUT2D eigenvalue weighted by Gasteiger charge is 2.43. The highest BCUT2D eigenvalue weighted by molar-refractivity contribution is 5.99. The van der Waals surface area contributed by atoms with Crippen molar-refractivity contribution in [2.45, 2.75) is 19.5 Å². The van der Waals surface area contributed by atoms with E-state index in [1.807, 2.05) is 19.1 Å². The average Bonchev–Trinajstić information content (AvgIpc) is 3.38. The average molecular weight is 443 g/mol. The summed E-state index contributed by atoms with van der Waals surface area (Å²) in [5.74, 6) is 0.192. The van der Waals surface area contributed by atoms with E-state index in [0.29, 0.717) is 22.5 Å². The molecule has 0 bridgehead atoms. The van der Waals surface area contributed by atoms with E-state index in [0.717, 1.165) is 11.1 Å². The number of rotatable bonds is 3. The number of fused-ring (bicyclic) bond motifs is 3. The Morgan fingerprint density at radius 2 is 1.82 bits per heavy atom. The molecule has 164 valence electrons. The number of amides is 1. The minimum Gasteiger partial charge on any atom is -0.454 e. The van der Waals surface area contributed by atoms with Crippen molar-refractivity contribution in [1.82, 2.24) is 4.90 Å². The van der Waals surface area contributed by atoms with E-state index in [2.05, 4.69) is 0 Å². The van der Waals surface area contributed by atoms with Crippen LogP contribution < -0.4 is 14.9 Å². The quantitative estimate of drug-likeness (QED) is 0.459. The van der Waals surface area contributed by atoms with Gasteiger partial charge in [-0.1, -0.05) is 35.9 Å². The molecule has 1 atom stereocenters. The summed E-state index contributed by atoms with van der Waals surface area (Å²) in [6.45, 7) is 2.14. The molecule has 3 heterocycles. The molecule has 0 aliphatic carbocycles. The number of carbonyl (C=O) groups excluding carboxylic acids is 1. The molecule has 0 saturated heterocycles. The van der Waals surface area contributed by atoms with Gasteiger partial charge in [-0.15, -0.1) is 0 Å². The zero-order valence-electron chi connectivity index (χ0n) is 17.6. The van der Waals surface area contributed by atoms with Crippen LogP contribution in [0.1, 0.15) is 38.9 Å². The molecule has 0 radical (unpaired) electrons. The van der Waals surface area contributed by atoms with Crippen LogP contribution in [0.3, 0.4) is 0 Å². The van der Waals surface area contributed by atoms with Crippen LogP contribution in [-0.4, -0.2) is 17.6 Å². The van der Waals surface area contributed by atoms with Crippen LogP contribution in [0.15, 0.2) is 69.9 Å². The smallest absolute Gasteiger partial charge is 0.291 e. The Balaban J connectivity index is 1.54. The van der Waals surface area contributed by atoms with Gasteiger partial charge in [-0.05, 0) is 42.8 Å². The lowest BCUT2D eigenvalue weighted by molar-refractivity contribution is 0.0712. The maximum Gasteiger partial charge on any atom is 0.291 e. The Labute approximate surface area is 187 Å². The monoisotopic (exact) mass is 443 g/mol. The number of carbonyl (C=O) groups is 1. The molecule has 0 fully saturated rings. The number of aryl methyl sites for hydroxylation is 1. The van der Waals surface area contributed by atoms with Gasteiger partial charge in [-0.2, -0.15) is 0 Å². The molecule has 4 aromatic rings. The molecule has 1 amide bonds. The second-order valence-corrected chi connectivity index (χ2v) is 8.22. The molecule has 1 aromatic heterocycles. The van der Waals surface area contributed by atoms with E-state index in [9.17, 15) is 14.0 Å². The third-order valence-electron chi connectivity index (χ3n) is 6.11. The number of ether oxygens (including phenoxy) is 2. The second-order valence-electron chi connectivity index (χ2n) is 8.22. The van der Waals surface area contributed by atoms with E-state index < -0.39 is 17.8 Å². The van der Waals surface area contributed by atoms with E-state index in [-0.39, 0.29) is 35.7 Å². The summed E-state index contributed by atoms with van der Waals surface area (Å²) in [6.07, 6.45) is 0. The fraction of sp³-hybridized carbons (Fsp3) is 0.154. The van der Waals surface area contributed by atoms with Gasteiger partial charge in [0, 0.05) is 12.1 Å². The Hall–Kier alpha value is -4.13. The maximum absolute atomic E-state index is 15.0. The van der Waals surface area contributed by atoms with Crippen molar-refractivity contribution in [3.8, 4) is 11.5 Å². The van der Waals surface area contributed by atoms with Crippen LogP contribution in [0, 0.1) is 12.7 Å². The molecule has 0 unspecified atom stereocenters. The zero-order chi connectivity index (χ0) is 22.7. The van der Waals surface area contributed by atoms with Crippen molar-refractivity contribution in [2.24, 2.45) is 0 Å². The molecule has 2 aliphatic rings. The molecule has 6 rings (SSSR count). The number of halogens is 1. The fourth-order valence-electron chi connectivity index (χ4n) is 4.55. The van der Waals surface area contributed by atoms with E-state index in [4.69, 9.17) is 13.9 Å². The Kier molecular flexibility index (Phi) is 4.26. The minimum absolute atomic E-state index is 0.0506. The van der Waals surface area contributed by atoms with Crippen LogP contribution >= 0.6 is 0 Å². The van der Waals surface area contributed by atoms with Crippen molar-refractivity contribution in [1.29, 1.82) is 0 Å². The lowest BCUT2D eigenvalue weighted by Gasteiger charge is -2.25. The standard InChI is InChI=1S/C26H18FNO5/c1-14-6-8-19-17(10-14)24(29)22-23(16-4-2-3-5-18(16)27)28(26(30)25(22)33-19)12-15-7-9-20-21(11-15)32-13-31-20/h2-11,23H,12-13H2,1H3/t23-/m1/s1. The van der Waals surface area contributed by atoms with Crippen LogP contribution in [0.2, 0.25) is 0 Å². The highest BCUT2D eigenvalue weighted by atomic mass is 19.1. The first kappa shape index (κ1) is 19.5. The molecule has 0 spiro atoms. The third-order valence-corrected chi connectivity index (χ3v) is 6.11. The largest absolute Gasteiger partial charge is 0.454 e. The predicted molar refractivity (Wildman–Crippen MR) is 118 cm³/mol. The molecule has 2 aliphatic heterocycles. The summed E-state index contributed by atoms with van der Waals surface area (Å²) in [4.78, 5) is 28.5. The third kappa shape index (κ3) is 3.00. The van der Waals surface area contributed by atoms with Gasteiger partial charge in [0.15, 0.2) is 16.9 Å². The SMILES string of the molecule is Cc1ccc2oc3c(c(=O)c2c1)[C@@H](c1ccccc1F)N(Cc1ccc2c(c1)OCO2)C3=O. The van der Waals surface area contributed by atoms with Gasteiger partial charge in [0.2, 0.25) is 12.6 Å². The molecule has 3 aromatic carbocycles. The van der Waals surface area contributed by atoms with Gasteiger partial charge in [0.05, 0.1) is 17.0 Å². The van der Waals surface area contributed by atoms with Crippen molar-refractivity contribution in [2.75, 3.05) is 6.79 Å². The molecule has 0 saturated carbocycles. The van der Waals surface area contributed by atoms with Crippen molar-refractivity contribution < 1.29 is 23.1 Å². The normalized spacial score (nSPS) is 16.5. The first-order valence-electron chi connectivity index (χ1n) is 10.5. The molecule has 0 N–H and O–H groups in total. The summed E-state index contributed by atoms with van der Waals surface area (Å²) in [6, 6.07) is 15.8. The number of hydrogen-bond donors (Lipinski definition) is 0. The summed E-state index contributed by atoms with van der Waals surface area (Å²) >= 11 is 0. The number of nitrogens with zero attached hydrogens (tertiary/aromatic N) is 1. The van der Waals surface area contributed by atoms with Gasteiger partial charge in [-0.3, -0.25) is 9.59 Å². The first-order valence-corrected chi connectivity index (χ1v) is 10.5. The second kappa shape index (κ2) is 7.20. The van der Waals surface area contributed by atoms with Gasteiger partial charge in [0.25, 0.3) is 5.91 Å². The van der Waals surface area contributed by atoms with Crippen molar-refractivity contribution >= 4 is 16.9 Å². The lowest BCUT2D eigenvalue weighted by atomic mass is 9.97. The topological polar surface area (TPSA) is 69.0 Å². The Morgan fingerprint density at radius 1 is 1.00 bits per heavy atom. The van der Waals surface area contributed by atoms with Gasteiger partial charge in [0.1, 0.15) is 11.4 Å². The van der Waals surface area contributed by atoms with Crippen molar-refractivity contribution in [3.05, 3.63) is 105 Å². The summed E-state index contributed by atoms with van der Waals surface area (Å²) in [5, 5.41) is 0.368. The molecule has 7 heteroatoms. The fourth-order valence-corrected chi connectivity index (χ4v) is 4.55. The molecule has 6 nitrogen and oxygen atoms in total. The zero-order valence-corrected chi connectivity index (χ0v) is 17.6. The molecular formula is C26H18FNO5. The van der Waals surface area contributed by atoms with Gasteiger partial charge < -0.3 is 18.8 Å². The summed E-state index contributed by atoms with van der Waals surface area (Å²) in [7, 11) is 0. The van der Waals surface area contributed by atoms with Gasteiger partial charge >= 0.3 is 0 Å². The Morgan fingerprint density at radius 3 is 2.67 bits per heavy atom. The molecular weight excluding hydrogens is 425 g/mol. The lowest BCUT2D eigenvalue weighted by Crippen LogP contribution is -2.29. The van der Waals surface area contributed by atoms with Crippen LogP contribution in [-0.2, 0) is 6.54 Å². The first-order chi connectivity index (χ1) is 16.0. The van der Waals surface area contributed by atoms with E-state index in [1.165, 1.54) is 11.0 Å². The van der Waals surface area contributed by atoms with Gasteiger partial charge in [-0.25, -0.2) is 4.39 Å². The van der Waals surface area contributed by atoms with E-state index >= 15 is 0 Å². The maximum atomic E-state index is 15.0. The predicted octanol–water partition coefficient (Wildman–Crippen LogP) is 4.71. The van der Waals surface area contributed by atoms with Crippen LogP contribution in [0.25, 0.3) is 11.0 Å². The molecule has 33 heavy (non-hydrogen) atoms. The van der Waals surface area contributed by atoms with E-state index in [1.54, 1.807) is 42.5 Å². The van der Waals surface area contributed by atoms with Crippen molar-refractivity contribution in [3.63, 3.8) is 0 Å². The number of benzene rings is 3. The summed E-state index contributed by atoms with van der Waals surface area (Å²) < 4.78 is 31.7. The minimum atomic E-state index is -0.916. The van der Waals surface area contributed by atoms with Crippen LogP contribution in [0.4, 0.5) is 4.39 Å². The Bertz CT molecular complexity index is 1510. The number of hydrogen-bond acceptors (Lipinski definition) is 5. The summed E-state index contributed by atoms with van der Waals surface area (Å²) in [5.41, 5.74) is 2.04.